The van der Waals surface area contributed by atoms with Gasteiger partial charge >= 0.3 is 0 Å². The minimum Gasteiger partial charge on any atom is -0.351 e. The molecule has 0 aliphatic carbocycles. The molecule has 1 fully saturated rings. The predicted octanol–water partition coefficient (Wildman–Crippen LogP) is 4.17. The molecular weight excluding hydrogens is 260 g/mol. The second kappa shape index (κ2) is 11.1. The van der Waals surface area contributed by atoms with Crippen LogP contribution in [0.4, 0.5) is 0 Å². The first-order valence-corrected chi connectivity index (χ1v) is 9.18. The molecule has 0 radical (unpaired) electrons. The van der Waals surface area contributed by atoms with Gasteiger partial charge in [-0.2, -0.15) is 0 Å². The highest BCUT2D eigenvalue weighted by atomic mass is 16.1. The van der Waals surface area contributed by atoms with Crippen molar-refractivity contribution in [3.8, 4) is 0 Å². The molecular formula is C18H36N2O. The average Bonchev–Trinajstić information content (AvgIpc) is 2.46. The van der Waals surface area contributed by atoms with Crippen LogP contribution in [0.2, 0.25) is 0 Å². The third kappa shape index (κ3) is 9.13. The van der Waals surface area contributed by atoms with Crippen LogP contribution in [0.15, 0.2) is 0 Å². The molecule has 1 rings (SSSR count). The molecule has 1 aliphatic rings. The zero-order valence-electron chi connectivity index (χ0n) is 14.3. The number of carbonyl (C=O) groups is 1. The Labute approximate surface area is 131 Å². The number of rotatable bonds is 11. The maximum absolute atomic E-state index is 12.0. The van der Waals surface area contributed by atoms with E-state index in [9.17, 15) is 4.79 Å². The Balaban J connectivity index is 1.93. The molecule has 0 aromatic carbocycles. The van der Waals surface area contributed by atoms with Gasteiger partial charge in [0.05, 0.1) is 0 Å². The molecule has 1 saturated heterocycles. The van der Waals surface area contributed by atoms with Crippen molar-refractivity contribution >= 4 is 5.91 Å². The van der Waals surface area contributed by atoms with E-state index < -0.39 is 0 Å². The minimum atomic E-state index is 0.0294. The Morgan fingerprint density at radius 1 is 0.952 bits per heavy atom. The van der Waals surface area contributed by atoms with Crippen molar-refractivity contribution in [1.29, 1.82) is 0 Å². The normalized spacial score (nSPS) is 17.6. The van der Waals surface area contributed by atoms with Crippen molar-refractivity contribution < 1.29 is 4.79 Å². The van der Waals surface area contributed by atoms with Crippen LogP contribution in [0.25, 0.3) is 0 Å². The molecule has 0 atom stereocenters. The Morgan fingerprint density at radius 3 is 2.05 bits per heavy atom. The predicted molar refractivity (Wildman–Crippen MR) is 90.5 cm³/mol. The van der Waals surface area contributed by atoms with Gasteiger partial charge in [-0.05, 0) is 39.3 Å². The van der Waals surface area contributed by atoms with Gasteiger partial charge in [0.2, 0.25) is 5.91 Å². The first-order chi connectivity index (χ1) is 10.2. The van der Waals surface area contributed by atoms with Crippen molar-refractivity contribution in [2.45, 2.75) is 96.4 Å². The number of nitrogens with one attached hydrogen (secondary N) is 2. The Kier molecular flexibility index (Phi) is 9.73. The summed E-state index contributed by atoms with van der Waals surface area (Å²) in [7, 11) is 0. The molecule has 2 N–H and O–H groups in total. The van der Waals surface area contributed by atoms with E-state index in [1.54, 1.807) is 0 Å². The van der Waals surface area contributed by atoms with Crippen molar-refractivity contribution in [2.75, 3.05) is 13.1 Å². The number of amides is 1. The molecule has 1 heterocycles. The Bertz CT molecular complexity index is 272. The fraction of sp³-hybridized carbons (Fsp3) is 0.944. The molecule has 1 amide bonds. The summed E-state index contributed by atoms with van der Waals surface area (Å²) in [6, 6.07) is 0. The minimum absolute atomic E-state index is 0.0294. The molecule has 3 nitrogen and oxygen atoms in total. The maximum atomic E-state index is 12.0. The van der Waals surface area contributed by atoms with Gasteiger partial charge < -0.3 is 10.6 Å². The van der Waals surface area contributed by atoms with Gasteiger partial charge in [-0.25, -0.2) is 0 Å². The second-order valence-electron chi connectivity index (χ2n) is 6.94. The highest BCUT2D eigenvalue weighted by molar-refractivity contribution is 5.76. The summed E-state index contributed by atoms with van der Waals surface area (Å²) in [6.07, 6.45) is 14.6. The lowest BCUT2D eigenvalue weighted by Gasteiger charge is -2.35. The maximum Gasteiger partial charge on any atom is 0.220 e. The number of piperidine rings is 1. The van der Waals surface area contributed by atoms with Crippen molar-refractivity contribution in [3.05, 3.63) is 0 Å². The van der Waals surface area contributed by atoms with Crippen molar-refractivity contribution in [3.63, 3.8) is 0 Å². The van der Waals surface area contributed by atoms with Crippen LogP contribution in [0.5, 0.6) is 0 Å². The van der Waals surface area contributed by atoms with Crippen LogP contribution in [0, 0.1) is 0 Å². The van der Waals surface area contributed by atoms with Gasteiger partial charge in [0.25, 0.3) is 0 Å². The number of unbranched alkanes of at least 4 members (excludes halogenated alkanes) is 8. The van der Waals surface area contributed by atoms with E-state index in [1.165, 1.54) is 51.4 Å². The third-order valence-electron chi connectivity index (χ3n) is 4.66. The van der Waals surface area contributed by atoms with Crippen LogP contribution < -0.4 is 10.6 Å². The van der Waals surface area contributed by atoms with E-state index in [0.29, 0.717) is 6.42 Å². The zero-order valence-corrected chi connectivity index (χ0v) is 14.3. The molecule has 0 bridgehead atoms. The standard InChI is InChI=1S/C18H36N2O/c1-3-4-5-6-7-8-9-10-11-12-17(21)20-18(2)13-15-19-16-14-18/h19H,3-16H2,1-2H3,(H,20,21). The SMILES string of the molecule is CCCCCCCCCCCC(=O)NC1(C)CCNCC1. The van der Waals surface area contributed by atoms with Gasteiger partial charge in [-0.1, -0.05) is 58.3 Å². The van der Waals surface area contributed by atoms with E-state index in [0.717, 1.165) is 32.4 Å². The topological polar surface area (TPSA) is 41.1 Å². The molecule has 0 spiro atoms. The molecule has 1 aliphatic heterocycles. The lowest BCUT2D eigenvalue weighted by molar-refractivity contribution is -0.123. The fourth-order valence-corrected chi connectivity index (χ4v) is 3.10. The van der Waals surface area contributed by atoms with Gasteiger partial charge in [0, 0.05) is 12.0 Å². The molecule has 21 heavy (non-hydrogen) atoms. The smallest absolute Gasteiger partial charge is 0.220 e. The first kappa shape index (κ1) is 18.5. The van der Waals surface area contributed by atoms with Gasteiger partial charge in [-0.3, -0.25) is 4.79 Å². The number of hydrogen-bond acceptors (Lipinski definition) is 2. The molecule has 0 unspecified atom stereocenters. The molecule has 0 aromatic rings. The molecule has 3 heteroatoms. The van der Waals surface area contributed by atoms with Gasteiger partial charge in [-0.15, -0.1) is 0 Å². The first-order valence-electron chi connectivity index (χ1n) is 9.18. The summed E-state index contributed by atoms with van der Waals surface area (Å²) in [6.45, 7) is 6.49. The van der Waals surface area contributed by atoms with Gasteiger partial charge in [0.15, 0.2) is 0 Å². The fourth-order valence-electron chi connectivity index (χ4n) is 3.10. The van der Waals surface area contributed by atoms with E-state index in [4.69, 9.17) is 0 Å². The molecule has 0 saturated carbocycles. The van der Waals surface area contributed by atoms with E-state index in [-0.39, 0.29) is 11.4 Å². The lowest BCUT2D eigenvalue weighted by atomic mass is 9.90. The zero-order chi connectivity index (χ0) is 15.4. The van der Waals surface area contributed by atoms with Crippen LogP contribution in [0.3, 0.4) is 0 Å². The van der Waals surface area contributed by atoms with E-state index >= 15 is 0 Å². The van der Waals surface area contributed by atoms with Crippen LogP contribution >= 0.6 is 0 Å². The lowest BCUT2D eigenvalue weighted by Crippen LogP contribution is -2.52. The van der Waals surface area contributed by atoms with E-state index in [1.807, 2.05) is 0 Å². The highest BCUT2D eigenvalue weighted by Crippen LogP contribution is 2.17. The Morgan fingerprint density at radius 2 is 1.48 bits per heavy atom. The highest BCUT2D eigenvalue weighted by Gasteiger charge is 2.27. The van der Waals surface area contributed by atoms with Gasteiger partial charge in [0.1, 0.15) is 0 Å². The van der Waals surface area contributed by atoms with Crippen LogP contribution in [-0.4, -0.2) is 24.5 Å². The summed E-state index contributed by atoms with van der Waals surface area (Å²) in [5.41, 5.74) is 0.0294. The Hall–Kier alpha value is -0.570. The number of hydrogen-bond donors (Lipinski definition) is 2. The van der Waals surface area contributed by atoms with E-state index in [2.05, 4.69) is 24.5 Å². The van der Waals surface area contributed by atoms with Crippen LogP contribution in [-0.2, 0) is 4.79 Å². The summed E-state index contributed by atoms with van der Waals surface area (Å²) in [5.74, 6) is 0.252. The summed E-state index contributed by atoms with van der Waals surface area (Å²) in [5, 5.41) is 6.59. The van der Waals surface area contributed by atoms with Crippen molar-refractivity contribution in [2.24, 2.45) is 0 Å². The summed E-state index contributed by atoms with van der Waals surface area (Å²) < 4.78 is 0. The third-order valence-corrected chi connectivity index (χ3v) is 4.66. The monoisotopic (exact) mass is 296 g/mol. The summed E-state index contributed by atoms with van der Waals surface area (Å²) in [4.78, 5) is 12.0. The second-order valence-corrected chi connectivity index (χ2v) is 6.94. The van der Waals surface area contributed by atoms with Crippen molar-refractivity contribution in [1.82, 2.24) is 10.6 Å². The average molecular weight is 296 g/mol. The summed E-state index contributed by atoms with van der Waals surface area (Å²) >= 11 is 0. The molecule has 124 valence electrons. The number of carbonyl (C=O) groups excluding carboxylic acids is 1. The largest absolute Gasteiger partial charge is 0.351 e. The van der Waals surface area contributed by atoms with Crippen LogP contribution in [0.1, 0.15) is 90.9 Å². The quantitative estimate of drug-likeness (QED) is 0.562. The molecule has 0 aromatic heterocycles.